The lowest BCUT2D eigenvalue weighted by Crippen LogP contribution is -2.57. The molecule has 0 radical (unpaired) electrons. The number of hydrogen-bond acceptors (Lipinski definition) is 4. The third kappa shape index (κ3) is 3.41. The molecule has 2 amide bonds. The van der Waals surface area contributed by atoms with Gasteiger partial charge in [0, 0.05) is 32.2 Å². The van der Waals surface area contributed by atoms with Gasteiger partial charge < -0.3 is 14.8 Å². The maximum Gasteiger partial charge on any atom is 0.320 e. The average molecular weight is 308 g/mol. The van der Waals surface area contributed by atoms with Crippen molar-refractivity contribution in [2.75, 3.05) is 32.2 Å². The van der Waals surface area contributed by atoms with E-state index in [0.29, 0.717) is 12.5 Å². The number of hydrogen-bond donors (Lipinski definition) is 2. The van der Waals surface area contributed by atoms with Crippen LogP contribution in [0.1, 0.15) is 25.7 Å². The summed E-state index contributed by atoms with van der Waals surface area (Å²) in [7, 11) is 1.67. The second-order valence-corrected chi connectivity index (χ2v) is 6.27. The highest BCUT2D eigenvalue weighted by molar-refractivity contribution is 5.89. The van der Waals surface area contributed by atoms with Gasteiger partial charge in [0.15, 0.2) is 0 Å². The van der Waals surface area contributed by atoms with E-state index < -0.39 is 0 Å². The number of nitrogens with zero attached hydrogens (tertiary/aromatic N) is 2. The van der Waals surface area contributed by atoms with Crippen LogP contribution in [0.25, 0.3) is 0 Å². The molecule has 3 rings (SSSR count). The number of carbonyl (C=O) groups excluding carboxylic acids is 1. The SMILES string of the molecule is COCC1(NC(=O)Nc2ccnn2C[C@H]2CCOC2)CCC1. The molecule has 0 unspecified atom stereocenters. The predicted molar refractivity (Wildman–Crippen MR) is 81.8 cm³/mol. The van der Waals surface area contributed by atoms with E-state index in [1.165, 1.54) is 0 Å². The number of anilines is 1. The summed E-state index contributed by atoms with van der Waals surface area (Å²) in [6.45, 7) is 2.90. The van der Waals surface area contributed by atoms with Crippen molar-refractivity contribution in [3.63, 3.8) is 0 Å². The van der Waals surface area contributed by atoms with Crippen LogP contribution in [0, 0.1) is 5.92 Å². The summed E-state index contributed by atoms with van der Waals surface area (Å²) in [5, 5.41) is 10.2. The van der Waals surface area contributed by atoms with E-state index in [1.807, 2.05) is 10.7 Å². The van der Waals surface area contributed by atoms with E-state index in [9.17, 15) is 4.79 Å². The summed E-state index contributed by atoms with van der Waals surface area (Å²) >= 11 is 0. The average Bonchev–Trinajstić information content (AvgIpc) is 3.10. The van der Waals surface area contributed by atoms with Crippen molar-refractivity contribution in [2.45, 2.75) is 37.8 Å². The van der Waals surface area contributed by atoms with Crippen LogP contribution in [0.2, 0.25) is 0 Å². The first-order chi connectivity index (χ1) is 10.7. The normalized spacial score (nSPS) is 23.0. The van der Waals surface area contributed by atoms with Crippen LogP contribution in [-0.2, 0) is 16.0 Å². The molecule has 22 heavy (non-hydrogen) atoms. The van der Waals surface area contributed by atoms with E-state index in [2.05, 4.69) is 15.7 Å². The van der Waals surface area contributed by atoms with Gasteiger partial charge >= 0.3 is 6.03 Å². The highest BCUT2D eigenvalue weighted by atomic mass is 16.5. The Balaban J connectivity index is 1.56. The molecule has 1 aliphatic heterocycles. The van der Waals surface area contributed by atoms with Crippen molar-refractivity contribution < 1.29 is 14.3 Å². The van der Waals surface area contributed by atoms with Gasteiger partial charge in [-0.25, -0.2) is 9.48 Å². The molecule has 2 aliphatic rings. The van der Waals surface area contributed by atoms with Crippen LogP contribution < -0.4 is 10.6 Å². The highest BCUT2D eigenvalue weighted by Crippen LogP contribution is 2.32. The third-order valence-corrected chi connectivity index (χ3v) is 4.52. The second kappa shape index (κ2) is 6.66. The molecule has 1 saturated carbocycles. The maximum atomic E-state index is 12.2. The van der Waals surface area contributed by atoms with E-state index in [4.69, 9.17) is 9.47 Å². The number of rotatable bonds is 6. The molecule has 0 aromatic carbocycles. The Morgan fingerprint density at radius 3 is 3.09 bits per heavy atom. The fourth-order valence-electron chi connectivity index (χ4n) is 3.13. The number of urea groups is 1. The van der Waals surface area contributed by atoms with Gasteiger partial charge in [0.25, 0.3) is 0 Å². The number of nitrogens with one attached hydrogen (secondary N) is 2. The summed E-state index contributed by atoms with van der Waals surface area (Å²) in [5.41, 5.74) is -0.205. The van der Waals surface area contributed by atoms with Gasteiger partial charge in [-0.1, -0.05) is 0 Å². The van der Waals surface area contributed by atoms with Crippen LogP contribution in [0.5, 0.6) is 0 Å². The Morgan fingerprint density at radius 2 is 2.45 bits per heavy atom. The summed E-state index contributed by atoms with van der Waals surface area (Å²) in [6, 6.07) is 1.63. The predicted octanol–water partition coefficient (Wildman–Crippen LogP) is 1.61. The van der Waals surface area contributed by atoms with Crippen molar-refractivity contribution in [3.05, 3.63) is 12.3 Å². The van der Waals surface area contributed by atoms with Crippen molar-refractivity contribution in [1.29, 1.82) is 0 Å². The molecular formula is C15H24N4O3. The van der Waals surface area contributed by atoms with E-state index in [-0.39, 0.29) is 11.6 Å². The topological polar surface area (TPSA) is 77.4 Å². The number of amides is 2. The number of aromatic nitrogens is 2. The highest BCUT2D eigenvalue weighted by Gasteiger charge is 2.38. The van der Waals surface area contributed by atoms with Gasteiger partial charge in [-0.05, 0) is 25.7 Å². The van der Waals surface area contributed by atoms with Crippen LogP contribution in [0.4, 0.5) is 10.6 Å². The van der Waals surface area contributed by atoms with Crippen LogP contribution in [0.15, 0.2) is 12.3 Å². The minimum Gasteiger partial charge on any atom is -0.382 e. The Bertz CT molecular complexity index is 507. The van der Waals surface area contributed by atoms with Crippen LogP contribution in [-0.4, -0.2) is 48.3 Å². The zero-order valence-electron chi connectivity index (χ0n) is 13.0. The van der Waals surface area contributed by atoms with Crippen molar-refractivity contribution in [2.24, 2.45) is 5.92 Å². The van der Waals surface area contributed by atoms with Crippen molar-refractivity contribution in [3.8, 4) is 0 Å². The molecule has 1 aromatic heterocycles. The monoisotopic (exact) mass is 308 g/mol. The quantitative estimate of drug-likeness (QED) is 0.837. The fraction of sp³-hybridized carbons (Fsp3) is 0.733. The van der Waals surface area contributed by atoms with Crippen molar-refractivity contribution in [1.82, 2.24) is 15.1 Å². The zero-order valence-corrected chi connectivity index (χ0v) is 13.0. The zero-order chi connectivity index (χ0) is 15.4. The standard InChI is InChI=1S/C15H24N4O3/c1-21-11-15(5-2-6-15)18-14(20)17-13-3-7-16-19(13)9-12-4-8-22-10-12/h3,7,12H,2,4-6,8-11H2,1H3,(H2,17,18,20)/t12-/m1/s1. The molecule has 1 saturated heterocycles. The Kier molecular flexibility index (Phi) is 4.63. The smallest absolute Gasteiger partial charge is 0.320 e. The van der Waals surface area contributed by atoms with E-state index >= 15 is 0 Å². The lowest BCUT2D eigenvalue weighted by atomic mass is 9.77. The molecule has 122 valence electrons. The maximum absolute atomic E-state index is 12.2. The van der Waals surface area contributed by atoms with Gasteiger partial charge in [0.05, 0.1) is 24.9 Å². The molecule has 7 heteroatoms. The molecular weight excluding hydrogens is 284 g/mol. The lowest BCUT2D eigenvalue weighted by molar-refractivity contribution is 0.0648. The molecule has 2 fully saturated rings. The van der Waals surface area contributed by atoms with Gasteiger partial charge in [0.2, 0.25) is 0 Å². The molecule has 7 nitrogen and oxygen atoms in total. The minimum absolute atomic E-state index is 0.193. The summed E-state index contributed by atoms with van der Waals surface area (Å²) < 4.78 is 12.4. The first kappa shape index (κ1) is 15.3. The number of ether oxygens (including phenoxy) is 2. The lowest BCUT2D eigenvalue weighted by Gasteiger charge is -2.41. The summed E-state index contributed by atoms with van der Waals surface area (Å²) in [4.78, 5) is 12.2. The van der Waals surface area contributed by atoms with Gasteiger partial charge in [-0.3, -0.25) is 5.32 Å². The number of carbonyl (C=O) groups is 1. The molecule has 1 atom stereocenters. The number of methoxy groups -OCH3 is 1. The molecule has 0 bridgehead atoms. The van der Waals surface area contributed by atoms with Crippen molar-refractivity contribution >= 4 is 11.8 Å². The molecule has 2 N–H and O–H groups in total. The first-order valence-corrected chi connectivity index (χ1v) is 7.88. The molecule has 2 heterocycles. The van der Waals surface area contributed by atoms with Crippen LogP contribution >= 0.6 is 0 Å². The van der Waals surface area contributed by atoms with Gasteiger partial charge in [-0.2, -0.15) is 5.10 Å². The third-order valence-electron chi connectivity index (χ3n) is 4.52. The summed E-state index contributed by atoms with van der Waals surface area (Å²) in [6.07, 6.45) is 5.81. The van der Waals surface area contributed by atoms with Gasteiger partial charge in [-0.15, -0.1) is 0 Å². The van der Waals surface area contributed by atoms with E-state index in [0.717, 1.165) is 51.3 Å². The van der Waals surface area contributed by atoms with Gasteiger partial charge in [0.1, 0.15) is 5.82 Å². The Morgan fingerprint density at radius 1 is 1.59 bits per heavy atom. The molecule has 1 aliphatic carbocycles. The first-order valence-electron chi connectivity index (χ1n) is 7.88. The van der Waals surface area contributed by atoms with E-state index in [1.54, 1.807) is 13.3 Å². The molecule has 1 aromatic rings. The largest absolute Gasteiger partial charge is 0.382 e. The summed E-state index contributed by atoms with van der Waals surface area (Å²) in [5.74, 6) is 1.19. The Labute approximate surface area is 130 Å². The second-order valence-electron chi connectivity index (χ2n) is 6.27. The molecule has 0 spiro atoms. The van der Waals surface area contributed by atoms with Crippen LogP contribution in [0.3, 0.4) is 0 Å². The fourth-order valence-corrected chi connectivity index (χ4v) is 3.13. The minimum atomic E-state index is -0.205. The Hall–Kier alpha value is -1.60.